The maximum atomic E-state index is 4.70. The number of anilines is 2. The first kappa shape index (κ1) is 10.1. The number of hydrogen-bond donors (Lipinski definition) is 1. The van der Waals surface area contributed by atoms with E-state index in [9.17, 15) is 0 Å². The fourth-order valence-electron chi connectivity index (χ4n) is 2.13. The first-order chi connectivity index (χ1) is 8.24. The fourth-order valence-corrected chi connectivity index (χ4v) is 2.13. The van der Waals surface area contributed by atoms with Gasteiger partial charge in [-0.15, -0.1) is 0 Å². The highest BCUT2D eigenvalue weighted by Gasteiger charge is 2.12. The quantitative estimate of drug-likeness (QED) is 0.710. The molecule has 0 spiro atoms. The molecule has 1 heterocycles. The molecule has 3 rings (SSSR count). The molecular weight excluding hydrogens is 208 g/mol. The molecule has 1 aliphatic heterocycles. The Hall–Kier alpha value is -2.09. The number of hydrogen-bond acceptors (Lipinski definition) is 2. The predicted octanol–water partition coefficient (Wildman–Crippen LogP) is 4.19. The van der Waals surface area contributed by atoms with Crippen LogP contribution in [0.25, 0.3) is 0 Å². The minimum absolute atomic E-state index is 1.01. The van der Waals surface area contributed by atoms with Crippen LogP contribution in [0.15, 0.2) is 47.5 Å². The van der Waals surface area contributed by atoms with Crippen molar-refractivity contribution >= 4 is 22.8 Å². The lowest BCUT2D eigenvalue weighted by Crippen LogP contribution is -1.97. The van der Waals surface area contributed by atoms with Gasteiger partial charge in [0.1, 0.15) is 0 Å². The molecule has 2 heteroatoms. The second-order valence-corrected chi connectivity index (χ2v) is 4.39. The molecule has 0 fully saturated rings. The average molecular weight is 222 g/mol. The molecule has 0 radical (unpaired) electrons. The summed E-state index contributed by atoms with van der Waals surface area (Å²) in [6, 6.07) is 14.6. The molecule has 2 aromatic rings. The molecule has 1 aliphatic rings. The van der Waals surface area contributed by atoms with E-state index in [-0.39, 0.29) is 0 Å². The van der Waals surface area contributed by atoms with E-state index >= 15 is 0 Å². The zero-order valence-corrected chi connectivity index (χ0v) is 9.99. The minimum Gasteiger partial charge on any atom is -0.353 e. The Morgan fingerprint density at radius 1 is 0.941 bits per heavy atom. The Bertz CT molecular complexity index is 612. The van der Waals surface area contributed by atoms with E-state index in [1.807, 2.05) is 12.1 Å². The lowest BCUT2D eigenvalue weighted by Gasteiger charge is -2.09. The van der Waals surface area contributed by atoms with Gasteiger partial charge in [-0.3, -0.25) is 4.99 Å². The number of nitrogens with zero attached hydrogens (tertiary/aromatic N) is 1. The van der Waals surface area contributed by atoms with Gasteiger partial charge in [0.2, 0.25) is 0 Å². The summed E-state index contributed by atoms with van der Waals surface area (Å²) in [7, 11) is 0. The van der Waals surface area contributed by atoms with Crippen LogP contribution in [0.5, 0.6) is 0 Å². The Labute approximate surface area is 101 Å². The molecule has 17 heavy (non-hydrogen) atoms. The summed E-state index contributed by atoms with van der Waals surface area (Å²) < 4.78 is 0. The van der Waals surface area contributed by atoms with Gasteiger partial charge >= 0.3 is 0 Å². The molecule has 2 aromatic carbocycles. The highest BCUT2D eigenvalue weighted by molar-refractivity contribution is 6.07. The van der Waals surface area contributed by atoms with E-state index in [1.165, 1.54) is 11.1 Å². The van der Waals surface area contributed by atoms with E-state index in [0.29, 0.717) is 0 Å². The zero-order chi connectivity index (χ0) is 11.8. The molecule has 0 saturated heterocycles. The lowest BCUT2D eigenvalue weighted by molar-refractivity contribution is 1.42. The molecule has 2 nitrogen and oxygen atoms in total. The van der Waals surface area contributed by atoms with Crippen molar-refractivity contribution in [1.82, 2.24) is 0 Å². The topological polar surface area (TPSA) is 24.4 Å². The maximum absolute atomic E-state index is 4.70. The molecule has 0 unspecified atom stereocenters. The molecule has 0 aliphatic carbocycles. The Kier molecular flexibility index (Phi) is 2.22. The van der Waals surface area contributed by atoms with Crippen molar-refractivity contribution in [3.8, 4) is 0 Å². The summed E-state index contributed by atoms with van der Waals surface area (Å²) in [5.41, 5.74) is 6.65. The van der Waals surface area contributed by atoms with Crippen LogP contribution in [0, 0.1) is 6.92 Å². The second-order valence-electron chi connectivity index (χ2n) is 4.39. The molecule has 0 bridgehead atoms. The summed E-state index contributed by atoms with van der Waals surface area (Å²) in [6.45, 7) is 4.14. The third-order valence-corrected chi connectivity index (χ3v) is 3.03. The van der Waals surface area contributed by atoms with Crippen LogP contribution >= 0.6 is 0 Å². The van der Waals surface area contributed by atoms with Crippen LogP contribution in [0.1, 0.15) is 18.1 Å². The van der Waals surface area contributed by atoms with Gasteiger partial charge in [0.05, 0.1) is 11.4 Å². The van der Waals surface area contributed by atoms with Crippen molar-refractivity contribution in [2.75, 3.05) is 5.32 Å². The summed E-state index contributed by atoms with van der Waals surface area (Å²) >= 11 is 0. The normalized spacial score (nSPS) is 12.9. The number of benzene rings is 2. The highest BCUT2D eigenvalue weighted by Crippen LogP contribution is 2.34. The number of aliphatic imine (C=N–C) groups is 1. The lowest BCUT2D eigenvalue weighted by atomic mass is 10.1. The molecule has 0 aromatic heterocycles. The molecule has 0 atom stereocenters. The number of rotatable bonds is 0. The molecular formula is C15H14N2. The first-order valence-corrected chi connectivity index (χ1v) is 5.76. The van der Waals surface area contributed by atoms with Gasteiger partial charge in [-0.1, -0.05) is 24.3 Å². The molecule has 1 N–H and O–H groups in total. The summed E-state index contributed by atoms with van der Waals surface area (Å²) in [5.74, 6) is 0. The SMILES string of the molecule is CC1=Nc2cc(C)ccc2Nc2ccccc21. The van der Waals surface area contributed by atoms with Gasteiger partial charge in [0, 0.05) is 17.0 Å². The van der Waals surface area contributed by atoms with E-state index in [1.54, 1.807) is 0 Å². The van der Waals surface area contributed by atoms with Crippen LogP contribution in [-0.2, 0) is 0 Å². The van der Waals surface area contributed by atoms with Crippen LogP contribution in [0.2, 0.25) is 0 Å². The fraction of sp³-hybridized carbons (Fsp3) is 0.133. The van der Waals surface area contributed by atoms with Crippen molar-refractivity contribution in [3.63, 3.8) is 0 Å². The van der Waals surface area contributed by atoms with Crippen molar-refractivity contribution in [1.29, 1.82) is 0 Å². The van der Waals surface area contributed by atoms with Crippen molar-refractivity contribution < 1.29 is 0 Å². The molecule has 0 amide bonds. The van der Waals surface area contributed by atoms with Gasteiger partial charge in [-0.05, 0) is 37.6 Å². The van der Waals surface area contributed by atoms with E-state index in [2.05, 4.69) is 49.5 Å². The van der Waals surface area contributed by atoms with Crippen LogP contribution in [0.4, 0.5) is 17.1 Å². The van der Waals surface area contributed by atoms with Crippen molar-refractivity contribution in [2.45, 2.75) is 13.8 Å². The van der Waals surface area contributed by atoms with Gasteiger partial charge in [0.15, 0.2) is 0 Å². The smallest absolute Gasteiger partial charge is 0.0870 e. The number of aryl methyl sites for hydroxylation is 1. The third kappa shape index (κ3) is 1.72. The van der Waals surface area contributed by atoms with E-state index in [4.69, 9.17) is 4.99 Å². The summed E-state index contributed by atoms with van der Waals surface area (Å²) in [4.78, 5) is 4.70. The van der Waals surface area contributed by atoms with E-state index < -0.39 is 0 Å². The summed E-state index contributed by atoms with van der Waals surface area (Å²) in [5, 5.41) is 3.45. The zero-order valence-electron chi connectivity index (χ0n) is 9.99. The number of para-hydroxylation sites is 1. The summed E-state index contributed by atoms with van der Waals surface area (Å²) in [6.07, 6.45) is 0. The van der Waals surface area contributed by atoms with Crippen molar-refractivity contribution in [3.05, 3.63) is 53.6 Å². The monoisotopic (exact) mass is 222 g/mol. The van der Waals surface area contributed by atoms with Gasteiger partial charge in [0.25, 0.3) is 0 Å². The van der Waals surface area contributed by atoms with E-state index in [0.717, 1.165) is 22.8 Å². The van der Waals surface area contributed by atoms with Crippen LogP contribution < -0.4 is 5.32 Å². The highest BCUT2D eigenvalue weighted by atomic mass is 14.9. The van der Waals surface area contributed by atoms with Gasteiger partial charge in [-0.2, -0.15) is 0 Å². The average Bonchev–Trinajstić information content (AvgIpc) is 2.46. The van der Waals surface area contributed by atoms with Crippen molar-refractivity contribution in [2.24, 2.45) is 4.99 Å². The minimum atomic E-state index is 1.01. The third-order valence-electron chi connectivity index (χ3n) is 3.03. The van der Waals surface area contributed by atoms with Gasteiger partial charge in [-0.25, -0.2) is 0 Å². The number of nitrogens with one attached hydrogen (secondary N) is 1. The van der Waals surface area contributed by atoms with Crippen LogP contribution in [0.3, 0.4) is 0 Å². The maximum Gasteiger partial charge on any atom is 0.0870 e. The van der Waals surface area contributed by atoms with Gasteiger partial charge < -0.3 is 5.32 Å². The second kappa shape index (κ2) is 3.74. The Morgan fingerprint density at radius 3 is 2.65 bits per heavy atom. The first-order valence-electron chi connectivity index (χ1n) is 5.76. The molecule has 84 valence electrons. The van der Waals surface area contributed by atoms with Crippen LogP contribution in [-0.4, -0.2) is 5.71 Å². The standard InChI is InChI=1S/C15H14N2/c1-10-7-8-14-15(9-10)16-11(2)12-5-3-4-6-13(12)17-14/h3-9,17H,1-2H3. The number of fused-ring (bicyclic) bond motifs is 2. The Balaban J connectivity index is 2.24. The molecule has 0 saturated carbocycles. The predicted molar refractivity (Wildman–Crippen MR) is 72.8 cm³/mol. The largest absolute Gasteiger partial charge is 0.353 e. The Morgan fingerprint density at radius 2 is 1.76 bits per heavy atom.